The Balaban J connectivity index is 2.06. The minimum atomic E-state index is -0.440. The summed E-state index contributed by atoms with van der Waals surface area (Å²) in [4.78, 5) is 24.1. The summed E-state index contributed by atoms with van der Waals surface area (Å²) in [5.74, 6) is -0.667. The highest BCUT2D eigenvalue weighted by Crippen LogP contribution is 2.19. The van der Waals surface area contributed by atoms with Crippen molar-refractivity contribution in [2.24, 2.45) is 5.92 Å². The molecule has 0 heterocycles. The van der Waals surface area contributed by atoms with E-state index in [1.54, 1.807) is 42.5 Å². The molecule has 0 radical (unpaired) electrons. The van der Waals surface area contributed by atoms with Crippen molar-refractivity contribution < 1.29 is 14.3 Å². The predicted molar refractivity (Wildman–Crippen MR) is 95.2 cm³/mol. The maximum absolute atomic E-state index is 12.2. The number of carbonyl (C=O) groups excluding carboxylic acids is 2. The normalized spacial score (nSPS) is 10.5. The second-order valence-electron chi connectivity index (χ2n) is 5.88. The number of halogens is 1. The second kappa shape index (κ2) is 7.97. The summed E-state index contributed by atoms with van der Waals surface area (Å²) in [6.07, 6.45) is 0. The van der Waals surface area contributed by atoms with Gasteiger partial charge >= 0.3 is 5.97 Å². The van der Waals surface area contributed by atoms with E-state index in [9.17, 15) is 9.59 Å². The van der Waals surface area contributed by atoms with E-state index in [0.29, 0.717) is 16.3 Å². The second-order valence-corrected chi connectivity index (χ2v) is 6.31. The lowest BCUT2D eigenvalue weighted by Gasteiger charge is -2.12. The van der Waals surface area contributed by atoms with Gasteiger partial charge in [-0.3, -0.25) is 4.79 Å². The van der Waals surface area contributed by atoms with Gasteiger partial charge < -0.3 is 10.1 Å². The van der Waals surface area contributed by atoms with Crippen molar-refractivity contribution in [3.05, 3.63) is 64.2 Å². The molecule has 5 heteroatoms. The first kappa shape index (κ1) is 18.0. The Morgan fingerprint density at radius 1 is 1.12 bits per heavy atom. The van der Waals surface area contributed by atoms with E-state index < -0.39 is 5.97 Å². The molecule has 2 rings (SSSR count). The Morgan fingerprint density at radius 2 is 1.79 bits per heavy atom. The topological polar surface area (TPSA) is 55.4 Å². The number of hydrogen-bond donors (Lipinski definition) is 1. The summed E-state index contributed by atoms with van der Waals surface area (Å²) in [6.45, 7) is 5.67. The van der Waals surface area contributed by atoms with Crippen LogP contribution in [0.15, 0.2) is 42.5 Å². The molecule has 0 spiro atoms. The minimum Gasteiger partial charge on any atom is -0.457 e. The van der Waals surface area contributed by atoms with Gasteiger partial charge in [0.1, 0.15) is 6.61 Å². The van der Waals surface area contributed by atoms with Gasteiger partial charge in [0, 0.05) is 16.6 Å². The number of esters is 1. The molecule has 2 aromatic carbocycles. The van der Waals surface area contributed by atoms with Gasteiger partial charge in [0.05, 0.1) is 5.56 Å². The van der Waals surface area contributed by atoms with Gasteiger partial charge in [-0.1, -0.05) is 43.6 Å². The Bertz CT molecular complexity index is 739. The molecule has 126 valence electrons. The largest absolute Gasteiger partial charge is 0.457 e. The first-order valence-electron chi connectivity index (χ1n) is 7.70. The lowest BCUT2D eigenvalue weighted by Crippen LogP contribution is -2.18. The molecule has 0 aliphatic carbocycles. The molecule has 0 aliphatic heterocycles. The van der Waals surface area contributed by atoms with Crippen LogP contribution in [0.5, 0.6) is 0 Å². The van der Waals surface area contributed by atoms with Gasteiger partial charge in [-0.05, 0) is 42.3 Å². The third-order valence-corrected chi connectivity index (χ3v) is 3.79. The van der Waals surface area contributed by atoms with Crippen molar-refractivity contribution >= 4 is 29.2 Å². The SMILES string of the molecule is Cc1ccc(C(=O)OCc2ccc(Cl)cc2)cc1NC(=O)C(C)C. The van der Waals surface area contributed by atoms with Gasteiger partial charge in [-0.15, -0.1) is 0 Å². The van der Waals surface area contributed by atoms with Crippen LogP contribution in [0.1, 0.15) is 35.3 Å². The lowest BCUT2D eigenvalue weighted by molar-refractivity contribution is -0.118. The van der Waals surface area contributed by atoms with E-state index in [1.165, 1.54) is 0 Å². The zero-order valence-electron chi connectivity index (χ0n) is 13.9. The molecular weight excluding hydrogens is 326 g/mol. The maximum Gasteiger partial charge on any atom is 0.338 e. The lowest BCUT2D eigenvalue weighted by atomic mass is 10.1. The van der Waals surface area contributed by atoms with Gasteiger partial charge in [-0.2, -0.15) is 0 Å². The third kappa shape index (κ3) is 4.83. The van der Waals surface area contributed by atoms with E-state index in [2.05, 4.69) is 5.32 Å². The zero-order chi connectivity index (χ0) is 17.7. The van der Waals surface area contributed by atoms with E-state index in [0.717, 1.165) is 11.1 Å². The summed E-state index contributed by atoms with van der Waals surface area (Å²) < 4.78 is 5.31. The number of rotatable bonds is 5. The summed E-state index contributed by atoms with van der Waals surface area (Å²) in [5, 5.41) is 3.46. The van der Waals surface area contributed by atoms with E-state index in [1.807, 2.05) is 20.8 Å². The van der Waals surface area contributed by atoms with E-state index in [4.69, 9.17) is 16.3 Å². The zero-order valence-corrected chi connectivity index (χ0v) is 14.7. The monoisotopic (exact) mass is 345 g/mol. The van der Waals surface area contributed by atoms with Crippen LogP contribution in [0, 0.1) is 12.8 Å². The quantitative estimate of drug-likeness (QED) is 0.806. The standard InChI is InChI=1S/C19H20ClNO3/c1-12(2)18(22)21-17-10-15(7-4-13(17)3)19(23)24-11-14-5-8-16(20)9-6-14/h4-10,12H,11H2,1-3H3,(H,21,22). The van der Waals surface area contributed by atoms with Crippen molar-refractivity contribution in [2.45, 2.75) is 27.4 Å². The maximum atomic E-state index is 12.2. The van der Waals surface area contributed by atoms with Crippen LogP contribution in [0.4, 0.5) is 5.69 Å². The minimum absolute atomic E-state index is 0.0928. The number of ether oxygens (including phenoxy) is 1. The Labute approximate surface area is 146 Å². The van der Waals surface area contributed by atoms with Crippen LogP contribution in [-0.4, -0.2) is 11.9 Å². The number of benzene rings is 2. The molecule has 0 saturated heterocycles. The van der Waals surface area contributed by atoms with E-state index >= 15 is 0 Å². The molecule has 1 N–H and O–H groups in total. The average molecular weight is 346 g/mol. The smallest absolute Gasteiger partial charge is 0.338 e. The highest BCUT2D eigenvalue weighted by atomic mass is 35.5. The number of carbonyl (C=O) groups is 2. The summed E-state index contributed by atoms with van der Waals surface area (Å²) in [6, 6.07) is 12.2. The molecule has 1 amide bonds. The molecule has 0 aliphatic rings. The van der Waals surface area contributed by atoms with Crippen LogP contribution in [-0.2, 0) is 16.1 Å². The summed E-state index contributed by atoms with van der Waals surface area (Å²) >= 11 is 5.82. The van der Waals surface area contributed by atoms with Crippen molar-refractivity contribution in [1.82, 2.24) is 0 Å². The molecule has 0 aromatic heterocycles. The van der Waals surface area contributed by atoms with Crippen LogP contribution >= 0.6 is 11.6 Å². The highest BCUT2D eigenvalue weighted by molar-refractivity contribution is 6.30. The predicted octanol–water partition coefficient (Wildman–Crippen LogP) is 4.60. The molecule has 0 saturated carbocycles. The molecule has 0 unspecified atom stereocenters. The van der Waals surface area contributed by atoms with Crippen molar-refractivity contribution in [1.29, 1.82) is 0 Å². The molecule has 24 heavy (non-hydrogen) atoms. The fourth-order valence-corrected chi connectivity index (χ4v) is 2.10. The number of nitrogens with one attached hydrogen (secondary N) is 1. The fourth-order valence-electron chi connectivity index (χ4n) is 1.97. The van der Waals surface area contributed by atoms with Crippen molar-refractivity contribution in [3.63, 3.8) is 0 Å². The van der Waals surface area contributed by atoms with E-state index in [-0.39, 0.29) is 18.4 Å². The number of aryl methyl sites for hydroxylation is 1. The number of anilines is 1. The van der Waals surface area contributed by atoms with Gasteiger partial charge in [-0.25, -0.2) is 4.79 Å². The molecular formula is C19H20ClNO3. The fraction of sp³-hybridized carbons (Fsp3) is 0.263. The summed E-state index contributed by atoms with van der Waals surface area (Å²) in [7, 11) is 0. The van der Waals surface area contributed by atoms with Crippen LogP contribution < -0.4 is 5.32 Å². The first-order chi connectivity index (χ1) is 11.4. The Morgan fingerprint density at radius 3 is 2.42 bits per heavy atom. The van der Waals surface area contributed by atoms with Crippen molar-refractivity contribution in [3.8, 4) is 0 Å². The van der Waals surface area contributed by atoms with Crippen LogP contribution in [0.2, 0.25) is 5.02 Å². The third-order valence-electron chi connectivity index (χ3n) is 3.54. The Kier molecular flexibility index (Phi) is 5.99. The van der Waals surface area contributed by atoms with Crippen molar-refractivity contribution in [2.75, 3.05) is 5.32 Å². The van der Waals surface area contributed by atoms with Crippen LogP contribution in [0.3, 0.4) is 0 Å². The average Bonchev–Trinajstić information content (AvgIpc) is 2.55. The van der Waals surface area contributed by atoms with Gasteiger partial charge in [0.25, 0.3) is 0 Å². The number of amides is 1. The van der Waals surface area contributed by atoms with Gasteiger partial charge in [0.15, 0.2) is 0 Å². The van der Waals surface area contributed by atoms with Gasteiger partial charge in [0.2, 0.25) is 5.91 Å². The summed E-state index contributed by atoms with van der Waals surface area (Å²) in [5.41, 5.74) is 2.76. The number of hydrogen-bond acceptors (Lipinski definition) is 3. The molecule has 4 nitrogen and oxygen atoms in total. The molecule has 2 aromatic rings. The Hall–Kier alpha value is -2.33. The van der Waals surface area contributed by atoms with Crippen LogP contribution in [0.25, 0.3) is 0 Å². The molecule has 0 bridgehead atoms. The first-order valence-corrected chi connectivity index (χ1v) is 8.07. The molecule has 0 fully saturated rings. The molecule has 0 atom stereocenters. The highest BCUT2D eigenvalue weighted by Gasteiger charge is 2.13.